The smallest absolute Gasteiger partial charge is 0.131 e. The highest BCUT2D eigenvalue weighted by Gasteiger charge is 2.27. The molecule has 1 aliphatic heterocycles. The second-order valence-corrected chi connectivity index (χ2v) is 5.52. The van der Waals surface area contributed by atoms with Gasteiger partial charge in [-0.15, -0.1) is 0 Å². The molecule has 0 radical (unpaired) electrons. The summed E-state index contributed by atoms with van der Waals surface area (Å²) in [4.78, 5) is 14.0. The molecule has 2 heteroatoms. The molecule has 3 rings (SSSR count). The monoisotopic (exact) mass is 254 g/mol. The molecule has 1 unspecified atom stereocenters. The first-order chi connectivity index (χ1) is 8.85. The van der Waals surface area contributed by atoms with Gasteiger partial charge in [-0.2, -0.15) is 0 Å². The second-order valence-electron chi connectivity index (χ2n) is 4.44. The van der Waals surface area contributed by atoms with Crippen molar-refractivity contribution < 1.29 is 4.79 Å². The van der Waals surface area contributed by atoms with Gasteiger partial charge in [0.1, 0.15) is 6.29 Å². The lowest BCUT2D eigenvalue weighted by molar-refractivity contribution is -0.108. The summed E-state index contributed by atoms with van der Waals surface area (Å²) in [7, 11) is 0. The molecule has 1 nitrogen and oxygen atoms in total. The molecule has 0 fully saturated rings. The first kappa shape index (κ1) is 11.5. The van der Waals surface area contributed by atoms with Crippen LogP contribution >= 0.6 is 11.8 Å². The molecule has 0 amide bonds. The van der Waals surface area contributed by atoms with Gasteiger partial charge in [0.15, 0.2) is 0 Å². The maximum atomic E-state index is 11.5. The number of benzene rings is 2. The van der Waals surface area contributed by atoms with E-state index in [1.165, 1.54) is 20.9 Å². The van der Waals surface area contributed by atoms with Gasteiger partial charge >= 0.3 is 0 Å². The van der Waals surface area contributed by atoms with Crippen molar-refractivity contribution in [1.29, 1.82) is 0 Å². The SMILES string of the molecule is CCc1cccc2c1C(C=O)c1ccccc1S2. The summed E-state index contributed by atoms with van der Waals surface area (Å²) in [5.74, 6) is -0.103. The third-order valence-corrected chi connectivity index (χ3v) is 4.63. The minimum absolute atomic E-state index is 0.103. The first-order valence-corrected chi connectivity index (χ1v) is 7.00. The zero-order valence-electron chi connectivity index (χ0n) is 10.2. The highest BCUT2D eigenvalue weighted by atomic mass is 32.2. The Labute approximate surface area is 111 Å². The fourth-order valence-electron chi connectivity index (χ4n) is 2.59. The third kappa shape index (κ3) is 1.68. The molecule has 1 heterocycles. The topological polar surface area (TPSA) is 17.1 Å². The Bertz CT molecular complexity index is 604. The van der Waals surface area contributed by atoms with Gasteiger partial charge in [-0.25, -0.2) is 0 Å². The number of aryl methyl sites for hydroxylation is 1. The van der Waals surface area contributed by atoms with E-state index in [0.29, 0.717) is 0 Å². The summed E-state index contributed by atoms with van der Waals surface area (Å²) in [6, 6.07) is 14.5. The van der Waals surface area contributed by atoms with Crippen molar-refractivity contribution in [3.05, 3.63) is 59.2 Å². The van der Waals surface area contributed by atoms with Crippen LogP contribution in [0.4, 0.5) is 0 Å². The molecule has 1 atom stereocenters. The molecule has 1 aliphatic rings. The summed E-state index contributed by atoms with van der Waals surface area (Å²) in [5, 5.41) is 0. The summed E-state index contributed by atoms with van der Waals surface area (Å²) in [6.45, 7) is 2.14. The van der Waals surface area contributed by atoms with Crippen LogP contribution < -0.4 is 0 Å². The van der Waals surface area contributed by atoms with E-state index in [-0.39, 0.29) is 5.92 Å². The van der Waals surface area contributed by atoms with Crippen LogP contribution in [0.1, 0.15) is 29.5 Å². The molecule has 90 valence electrons. The van der Waals surface area contributed by atoms with Gasteiger partial charge in [0, 0.05) is 9.79 Å². The second kappa shape index (κ2) is 4.62. The predicted octanol–water partition coefficient (Wildman–Crippen LogP) is 4.04. The molecule has 18 heavy (non-hydrogen) atoms. The predicted molar refractivity (Wildman–Crippen MR) is 74.3 cm³/mol. The number of rotatable bonds is 2. The first-order valence-electron chi connectivity index (χ1n) is 6.19. The highest BCUT2D eigenvalue weighted by Crippen LogP contribution is 2.46. The Morgan fingerprint density at radius 1 is 1.11 bits per heavy atom. The number of hydrogen-bond donors (Lipinski definition) is 0. The lowest BCUT2D eigenvalue weighted by Crippen LogP contribution is -2.12. The number of fused-ring (bicyclic) bond motifs is 2. The van der Waals surface area contributed by atoms with E-state index >= 15 is 0 Å². The van der Waals surface area contributed by atoms with Crippen molar-refractivity contribution in [1.82, 2.24) is 0 Å². The van der Waals surface area contributed by atoms with Crippen LogP contribution in [0, 0.1) is 0 Å². The van der Waals surface area contributed by atoms with Crippen LogP contribution in [-0.2, 0) is 11.2 Å². The van der Waals surface area contributed by atoms with Gasteiger partial charge in [-0.3, -0.25) is 0 Å². The van der Waals surface area contributed by atoms with Crippen molar-refractivity contribution in [2.24, 2.45) is 0 Å². The Balaban J connectivity index is 2.24. The average Bonchev–Trinajstić information content (AvgIpc) is 2.44. The van der Waals surface area contributed by atoms with Crippen LogP contribution in [0.2, 0.25) is 0 Å². The van der Waals surface area contributed by atoms with E-state index in [4.69, 9.17) is 0 Å². The van der Waals surface area contributed by atoms with Crippen molar-refractivity contribution >= 4 is 18.0 Å². The largest absolute Gasteiger partial charge is 0.302 e. The third-order valence-electron chi connectivity index (χ3n) is 3.46. The zero-order valence-corrected chi connectivity index (χ0v) is 11.0. The number of aldehydes is 1. The maximum Gasteiger partial charge on any atom is 0.131 e. The van der Waals surface area contributed by atoms with E-state index in [0.717, 1.165) is 18.3 Å². The number of carbonyl (C=O) groups excluding carboxylic acids is 1. The maximum absolute atomic E-state index is 11.5. The van der Waals surface area contributed by atoms with Crippen molar-refractivity contribution in [2.75, 3.05) is 0 Å². The summed E-state index contributed by atoms with van der Waals surface area (Å²) >= 11 is 1.77. The molecular weight excluding hydrogens is 240 g/mol. The van der Waals surface area contributed by atoms with Crippen LogP contribution in [0.3, 0.4) is 0 Å². The Hall–Kier alpha value is -1.54. The van der Waals surface area contributed by atoms with E-state index in [1.807, 2.05) is 12.1 Å². The quantitative estimate of drug-likeness (QED) is 0.752. The Morgan fingerprint density at radius 2 is 1.89 bits per heavy atom. The van der Waals surface area contributed by atoms with E-state index in [1.54, 1.807) is 11.8 Å². The lowest BCUT2D eigenvalue weighted by atomic mass is 9.88. The zero-order chi connectivity index (χ0) is 12.5. The van der Waals surface area contributed by atoms with E-state index in [2.05, 4.69) is 37.3 Å². The minimum atomic E-state index is -0.103. The molecule has 0 saturated carbocycles. The molecule has 0 bridgehead atoms. The molecule has 0 aliphatic carbocycles. The van der Waals surface area contributed by atoms with Gasteiger partial charge in [-0.1, -0.05) is 49.0 Å². The molecule has 0 aromatic heterocycles. The molecule has 0 saturated heterocycles. The van der Waals surface area contributed by atoms with Gasteiger partial charge in [0.25, 0.3) is 0 Å². The Kier molecular flexibility index (Phi) is 2.96. The van der Waals surface area contributed by atoms with Gasteiger partial charge in [0.05, 0.1) is 5.92 Å². The number of hydrogen-bond acceptors (Lipinski definition) is 2. The molecule has 2 aromatic carbocycles. The number of carbonyl (C=O) groups is 1. The highest BCUT2D eigenvalue weighted by molar-refractivity contribution is 7.99. The van der Waals surface area contributed by atoms with Crippen molar-refractivity contribution in [3.8, 4) is 0 Å². The standard InChI is InChI=1S/C16H14OS/c1-2-11-6-5-9-15-16(11)13(10-17)12-7-3-4-8-14(12)18-15/h3-10,13H,2H2,1H3. The summed E-state index contributed by atoms with van der Waals surface area (Å²) in [5.41, 5.74) is 3.64. The minimum Gasteiger partial charge on any atom is -0.302 e. The summed E-state index contributed by atoms with van der Waals surface area (Å²) < 4.78 is 0. The van der Waals surface area contributed by atoms with Crippen molar-refractivity contribution in [3.63, 3.8) is 0 Å². The summed E-state index contributed by atoms with van der Waals surface area (Å²) in [6.07, 6.45) is 2.05. The lowest BCUT2D eigenvalue weighted by Gasteiger charge is -2.26. The van der Waals surface area contributed by atoms with Gasteiger partial charge < -0.3 is 4.79 Å². The van der Waals surface area contributed by atoms with Gasteiger partial charge in [-0.05, 0) is 35.2 Å². The normalized spacial score (nSPS) is 16.8. The average molecular weight is 254 g/mol. The van der Waals surface area contributed by atoms with Crippen LogP contribution in [0.15, 0.2) is 52.3 Å². The molecule has 0 N–H and O–H groups in total. The fraction of sp³-hybridized carbons (Fsp3) is 0.188. The molecular formula is C16H14OS. The van der Waals surface area contributed by atoms with Crippen LogP contribution in [0.25, 0.3) is 0 Å². The van der Waals surface area contributed by atoms with Crippen LogP contribution in [-0.4, -0.2) is 6.29 Å². The molecule has 2 aromatic rings. The molecule has 0 spiro atoms. The Morgan fingerprint density at radius 3 is 2.67 bits per heavy atom. The van der Waals surface area contributed by atoms with E-state index in [9.17, 15) is 4.79 Å². The van der Waals surface area contributed by atoms with Gasteiger partial charge in [0.2, 0.25) is 0 Å². The van der Waals surface area contributed by atoms with E-state index < -0.39 is 0 Å². The van der Waals surface area contributed by atoms with Crippen LogP contribution in [0.5, 0.6) is 0 Å². The van der Waals surface area contributed by atoms with Crippen molar-refractivity contribution in [2.45, 2.75) is 29.1 Å². The fourth-order valence-corrected chi connectivity index (χ4v) is 3.80.